The van der Waals surface area contributed by atoms with Crippen LogP contribution in [0.25, 0.3) is 0 Å². The molecule has 48 heavy (non-hydrogen) atoms. The van der Waals surface area contributed by atoms with Crippen molar-refractivity contribution >= 4 is 17.8 Å². The highest BCUT2D eigenvalue weighted by Gasteiger charge is 2.40. The minimum Gasteiger partial charge on any atom is -0.381 e. The Bertz CT molecular complexity index is 952. The summed E-state index contributed by atoms with van der Waals surface area (Å²) in [5.41, 5.74) is 0.107. The van der Waals surface area contributed by atoms with Crippen LogP contribution >= 0.6 is 0 Å². The molecule has 1 aliphatic rings. The Morgan fingerprint density at radius 1 is 0.708 bits per heavy atom. The minimum atomic E-state index is -0.960. The van der Waals surface area contributed by atoms with E-state index < -0.39 is 12.5 Å². The molecule has 0 spiro atoms. The molecule has 10 heteroatoms. The van der Waals surface area contributed by atoms with E-state index in [4.69, 9.17) is 4.74 Å². The molecule has 0 aromatic carbocycles. The van der Waals surface area contributed by atoms with Gasteiger partial charge >= 0.3 is 0 Å². The van der Waals surface area contributed by atoms with Crippen molar-refractivity contribution in [2.45, 2.75) is 200 Å². The van der Waals surface area contributed by atoms with Gasteiger partial charge in [0.15, 0.2) is 0 Å². The summed E-state index contributed by atoms with van der Waals surface area (Å²) in [6, 6.07) is 0. The number of methoxy groups -OCH3 is 1. The number of piperidine rings is 1. The number of hydrogen-bond donors (Lipinski definition) is 5. The van der Waals surface area contributed by atoms with Crippen molar-refractivity contribution in [1.82, 2.24) is 20.3 Å². The van der Waals surface area contributed by atoms with Crippen molar-refractivity contribution in [1.29, 1.82) is 0 Å². The fourth-order valence-electron chi connectivity index (χ4n) is 7.69. The molecule has 0 radical (unpaired) electrons. The van der Waals surface area contributed by atoms with E-state index >= 15 is 0 Å². The highest BCUT2D eigenvalue weighted by atomic mass is 16.5. The van der Waals surface area contributed by atoms with Crippen molar-refractivity contribution in [2.24, 2.45) is 5.92 Å². The Kier molecular flexibility index (Phi) is 20.2. The van der Waals surface area contributed by atoms with Crippen LogP contribution in [0.4, 0.5) is 17.8 Å². The summed E-state index contributed by atoms with van der Waals surface area (Å²) < 4.78 is 6.00. The van der Waals surface area contributed by atoms with Gasteiger partial charge in [-0.2, -0.15) is 15.0 Å². The van der Waals surface area contributed by atoms with Crippen LogP contribution in [0.3, 0.4) is 0 Å². The number of anilines is 3. The number of ether oxygens (including phenoxy) is 1. The molecule has 0 saturated carbocycles. The van der Waals surface area contributed by atoms with E-state index in [-0.39, 0.29) is 23.1 Å². The number of aromatic nitrogens is 3. The van der Waals surface area contributed by atoms with Gasteiger partial charge in [-0.25, -0.2) is 0 Å². The molecule has 2 rings (SSSR count). The Morgan fingerprint density at radius 2 is 1.12 bits per heavy atom. The standard InChI is InChI=1S/C38H75N7O3/c1-9-10-11-12-13-14-15-16-17-18-19-20-21-22-23-24-26-39-34-41-35(43-36(42-34)45(30(2)46)31(3)47)40-27-25-33(48-8)32-28-37(4,5)44-38(6,7)29-32/h30-33,44,46-47H,9-29H2,1-8H3,(H2,39,40,41,42,43). The second kappa shape index (κ2) is 22.9. The molecule has 1 aromatic rings. The van der Waals surface area contributed by atoms with Crippen LogP contribution in [0.5, 0.6) is 0 Å². The van der Waals surface area contributed by atoms with Gasteiger partial charge in [0.1, 0.15) is 12.5 Å². The number of nitrogens with one attached hydrogen (secondary N) is 3. The number of aliphatic hydroxyl groups is 2. The molecule has 0 amide bonds. The minimum absolute atomic E-state index is 0.0537. The van der Waals surface area contributed by atoms with Crippen molar-refractivity contribution in [3.63, 3.8) is 0 Å². The van der Waals surface area contributed by atoms with Crippen LogP contribution < -0.4 is 20.9 Å². The first kappa shape index (κ1) is 42.4. The summed E-state index contributed by atoms with van der Waals surface area (Å²) in [5, 5.41) is 31.2. The van der Waals surface area contributed by atoms with Crippen molar-refractivity contribution in [3.8, 4) is 0 Å². The van der Waals surface area contributed by atoms with Crippen LogP contribution in [-0.2, 0) is 4.74 Å². The van der Waals surface area contributed by atoms with Gasteiger partial charge in [0.2, 0.25) is 17.8 Å². The number of unbranched alkanes of at least 4 members (excludes halogenated alkanes) is 15. The molecule has 3 atom stereocenters. The smallest absolute Gasteiger partial charge is 0.236 e. The van der Waals surface area contributed by atoms with Gasteiger partial charge in [-0.3, -0.25) is 4.90 Å². The molecule has 10 nitrogen and oxygen atoms in total. The first-order chi connectivity index (χ1) is 22.9. The normalized spacial score (nSPS) is 18.0. The molecular formula is C38H75N7O3. The SMILES string of the molecule is CCCCCCCCCCCCCCCCCCNc1nc(NCCC(OC)C2CC(C)(C)NC(C)(C)C2)nc(N(C(C)O)C(C)O)n1. The van der Waals surface area contributed by atoms with Gasteiger partial charge in [0.25, 0.3) is 0 Å². The summed E-state index contributed by atoms with van der Waals surface area (Å²) in [6.07, 6.45) is 22.6. The Labute approximate surface area is 294 Å². The lowest BCUT2D eigenvalue weighted by Crippen LogP contribution is -2.59. The predicted octanol–water partition coefficient (Wildman–Crippen LogP) is 8.40. The molecule has 5 N–H and O–H groups in total. The Morgan fingerprint density at radius 3 is 1.54 bits per heavy atom. The third-order valence-corrected chi connectivity index (χ3v) is 9.74. The molecule has 1 fully saturated rings. The van der Waals surface area contributed by atoms with Crippen LogP contribution in [0.2, 0.25) is 0 Å². The lowest BCUT2D eigenvalue weighted by molar-refractivity contribution is -0.00438. The van der Waals surface area contributed by atoms with E-state index in [0.717, 1.165) is 32.2 Å². The highest BCUT2D eigenvalue weighted by Crippen LogP contribution is 2.36. The van der Waals surface area contributed by atoms with Crippen LogP contribution in [0.15, 0.2) is 0 Å². The topological polar surface area (TPSA) is 128 Å². The highest BCUT2D eigenvalue weighted by molar-refractivity contribution is 5.44. The van der Waals surface area contributed by atoms with Gasteiger partial charge in [-0.1, -0.05) is 103 Å². The summed E-state index contributed by atoms with van der Waals surface area (Å²) in [7, 11) is 1.80. The average molecular weight is 678 g/mol. The first-order valence-corrected chi connectivity index (χ1v) is 19.6. The zero-order valence-corrected chi connectivity index (χ0v) is 32.3. The molecule has 0 bridgehead atoms. The molecule has 3 unspecified atom stereocenters. The summed E-state index contributed by atoms with van der Waals surface area (Å²) in [4.78, 5) is 15.1. The second-order valence-electron chi connectivity index (χ2n) is 15.7. The van der Waals surface area contributed by atoms with Gasteiger partial charge in [0.05, 0.1) is 6.10 Å². The van der Waals surface area contributed by atoms with E-state index in [9.17, 15) is 10.2 Å². The average Bonchev–Trinajstić information content (AvgIpc) is 2.99. The van der Waals surface area contributed by atoms with Crippen LogP contribution in [-0.4, -0.2) is 75.0 Å². The van der Waals surface area contributed by atoms with Crippen LogP contribution in [0, 0.1) is 5.92 Å². The fraction of sp³-hybridized carbons (Fsp3) is 0.921. The molecule has 1 saturated heterocycles. The van der Waals surface area contributed by atoms with Gasteiger partial charge in [0, 0.05) is 31.3 Å². The fourth-order valence-corrected chi connectivity index (χ4v) is 7.69. The van der Waals surface area contributed by atoms with E-state index in [0.29, 0.717) is 24.4 Å². The lowest BCUT2D eigenvalue weighted by atomic mass is 9.73. The largest absolute Gasteiger partial charge is 0.381 e. The quantitative estimate of drug-likeness (QED) is 0.0457. The molecule has 1 aliphatic heterocycles. The molecule has 0 aliphatic carbocycles. The third kappa shape index (κ3) is 17.3. The van der Waals surface area contributed by atoms with Crippen molar-refractivity contribution in [2.75, 3.05) is 35.7 Å². The van der Waals surface area contributed by atoms with Crippen LogP contribution in [0.1, 0.15) is 170 Å². The van der Waals surface area contributed by atoms with Gasteiger partial charge in [-0.15, -0.1) is 0 Å². The van der Waals surface area contributed by atoms with Crippen molar-refractivity contribution < 1.29 is 14.9 Å². The van der Waals surface area contributed by atoms with Crippen molar-refractivity contribution in [3.05, 3.63) is 0 Å². The summed E-state index contributed by atoms with van der Waals surface area (Å²) in [6.45, 7) is 15.9. The van der Waals surface area contributed by atoms with Gasteiger partial charge < -0.3 is 30.9 Å². The van der Waals surface area contributed by atoms with E-state index in [1.165, 1.54) is 101 Å². The number of hydrogen-bond acceptors (Lipinski definition) is 10. The number of aliphatic hydroxyl groups excluding tert-OH is 2. The molecule has 280 valence electrons. The lowest BCUT2D eigenvalue weighted by Gasteiger charge is -2.48. The summed E-state index contributed by atoms with van der Waals surface area (Å²) >= 11 is 0. The Hall–Kier alpha value is -1.75. The number of rotatable bonds is 27. The zero-order chi connectivity index (χ0) is 35.4. The van der Waals surface area contributed by atoms with E-state index in [1.807, 2.05) is 0 Å². The Balaban J connectivity index is 1.78. The maximum atomic E-state index is 10.4. The molecule has 1 aromatic heterocycles. The molecular weight excluding hydrogens is 602 g/mol. The zero-order valence-electron chi connectivity index (χ0n) is 32.3. The summed E-state index contributed by atoms with van der Waals surface area (Å²) in [5.74, 6) is 1.54. The predicted molar refractivity (Wildman–Crippen MR) is 202 cm³/mol. The monoisotopic (exact) mass is 678 g/mol. The second-order valence-corrected chi connectivity index (χ2v) is 15.7. The van der Waals surface area contributed by atoms with E-state index in [2.05, 4.69) is 65.5 Å². The molecule has 2 heterocycles. The maximum Gasteiger partial charge on any atom is 0.236 e. The van der Waals surface area contributed by atoms with E-state index in [1.54, 1.807) is 21.0 Å². The van der Waals surface area contributed by atoms with Gasteiger partial charge in [-0.05, 0) is 73.1 Å². The first-order valence-electron chi connectivity index (χ1n) is 19.6. The number of nitrogens with zero attached hydrogens (tertiary/aromatic N) is 4. The maximum absolute atomic E-state index is 10.4. The third-order valence-electron chi connectivity index (χ3n) is 9.74.